The lowest BCUT2D eigenvalue weighted by Crippen LogP contribution is -2.42. The lowest BCUT2D eigenvalue weighted by molar-refractivity contribution is 0.190. The first-order valence-corrected chi connectivity index (χ1v) is 4.03. The normalized spacial score (nSPS) is 10.8. The summed E-state index contributed by atoms with van der Waals surface area (Å²) in [7, 11) is 0. The molecule has 3 heteroatoms. The van der Waals surface area contributed by atoms with Gasteiger partial charge in [-0.2, -0.15) is 0 Å². The molecule has 0 fully saturated rings. The van der Waals surface area contributed by atoms with Gasteiger partial charge in [0.05, 0.1) is 6.67 Å². The monoisotopic (exact) mass is 145 g/mol. The summed E-state index contributed by atoms with van der Waals surface area (Å²) < 4.78 is 0. The molecule has 0 amide bonds. The molecule has 0 aliphatic carbocycles. The Morgan fingerprint density at radius 2 is 1.70 bits per heavy atom. The topological polar surface area (TPSA) is 41.3 Å². The number of nitrogens with zero attached hydrogens (tertiary/aromatic N) is 1. The Kier molecular flexibility index (Phi) is 6.91. The van der Waals surface area contributed by atoms with E-state index in [9.17, 15) is 0 Å². The molecule has 3 N–H and O–H groups in total. The highest BCUT2D eigenvalue weighted by Gasteiger charge is 1.97. The van der Waals surface area contributed by atoms with E-state index in [1.807, 2.05) is 0 Å². The number of nitrogens with one attached hydrogen (secondary N) is 1. The van der Waals surface area contributed by atoms with Crippen LogP contribution in [0, 0.1) is 0 Å². The minimum absolute atomic E-state index is 0.542. The van der Waals surface area contributed by atoms with Gasteiger partial charge in [-0.25, -0.2) is 10.4 Å². The van der Waals surface area contributed by atoms with Gasteiger partial charge in [-0.3, -0.25) is 0 Å². The van der Waals surface area contributed by atoms with Crippen molar-refractivity contribution in [3.8, 4) is 0 Å². The molecule has 0 radical (unpaired) electrons. The van der Waals surface area contributed by atoms with E-state index in [4.69, 9.17) is 5.73 Å². The number of hydrogen-bond donors (Lipinski definition) is 2. The van der Waals surface area contributed by atoms with Crippen molar-refractivity contribution in [1.29, 1.82) is 0 Å². The average molecular weight is 145 g/mol. The third-order valence-electron chi connectivity index (χ3n) is 1.30. The fourth-order valence-electron chi connectivity index (χ4n) is 0.939. The minimum atomic E-state index is 0.542. The predicted octanol–water partition coefficient (Wildman–Crippen LogP) is 0.529. The molecule has 0 rings (SSSR count). The third-order valence-corrected chi connectivity index (χ3v) is 1.30. The van der Waals surface area contributed by atoms with Gasteiger partial charge >= 0.3 is 0 Å². The van der Waals surface area contributed by atoms with Crippen LogP contribution >= 0.6 is 0 Å². The molecular formula is C7H19N3. The van der Waals surface area contributed by atoms with Crippen LogP contribution in [0.1, 0.15) is 26.7 Å². The summed E-state index contributed by atoms with van der Waals surface area (Å²) in [6.07, 6.45) is 2.35. The van der Waals surface area contributed by atoms with Crippen molar-refractivity contribution in [1.82, 2.24) is 10.4 Å². The quantitative estimate of drug-likeness (QED) is 0.423. The SMILES string of the molecule is CCCN(CCC)NCN. The molecule has 0 saturated carbocycles. The van der Waals surface area contributed by atoms with Crippen molar-refractivity contribution >= 4 is 0 Å². The highest BCUT2D eigenvalue weighted by atomic mass is 15.5. The smallest absolute Gasteiger partial charge is 0.0567 e. The van der Waals surface area contributed by atoms with Gasteiger partial charge in [0.1, 0.15) is 0 Å². The molecule has 62 valence electrons. The van der Waals surface area contributed by atoms with Crippen LogP contribution in [0.2, 0.25) is 0 Å². The van der Waals surface area contributed by atoms with Crippen molar-refractivity contribution in [3.05, 3.63) is 0 Å². The summed E-state index contributed by atoms with van der Waals surface area (Å²) in [6.45, 7) is 7.05. The zero-order valence-corrected chi connectivity index (χ0v) is 7.06. The predicted molar refractivity (Wildman–Crippen MR) is 44.3 cm³/mol. The second-order valence-electron chi connectivity index (χ2n) is 2.35. The maximum absolute atomic E-state index is 5.34. The molecule has 0 aromatic carbocycles. The van der Waals surface area contributed by atoms with Crippen molar-refractivity contribution in [2.75, 3.05) is 19.8 Å². The number of rotatable bonds is 6. The lowest BCUT2D eigenvalue weighted by Gasteiger charge is -2.20. The van der Waals surface area contributed by atoms with Gasteiger partial charge in [0.25, 0.3) is 0 Å². The van der Waals surface area contributed by atoms with Crippen LogP contribution in [0.3, 0.4) is 0 Å². The second kappa shape index (κ2) is 6.99. The van der Waals surface area contributed by atoms with E-state index in [0.717, 1.165) is 13.1 Å². The first kappa shape index (κ1) is 9.88. The van der Waals surface area contributed by atoms with Crippen molar-refractivity contribution < 1.29 is 0 Å². The first-order valence-electron chi connectivity index (χ1n) is 4.03. The zero-order valence-electron chi connectivity index (χ0n) is 7.06. The minimum Gasteiger partial charge on any atom is -0.317 e. The van der Waals surface area contributed by atoms with Gasteiger partial charge in [-0.1, -0.05) is 13.8 Å². The van der Waals surface area contributed by atoms with Gasteiger partial charge in [-0.05, 0) is 12.8 Å². The Balaban J connectivity index is 3.30. The highest BCUT2D eigenvalue weighted by Crippen LogP contribution is 1.87. The Bertz CT molecular complexity index is 51.6. The second-order valence-corrected chi connectivity index (χ2v) is 2.35. The molecule has 0 aliphatic heterocycles. The van der Waals surface area contributed by atoms with Crippen LogP contribution in [0.4, 0.5) is 0 Å². The number of hydrazine groups is 1. The summed E-state index contributed by atoms with van der Waals surface area (Å²) in [4.78, 5) is 0. The van der Waals surface area contributed by atoms with E-state index in [2.05, 4.69) is 24.3 Å². The molecule has 10 heavy (non-hydrogen) atoms. The maximum atomic E-state index is 5.34. The first-order chi connectivity index (χ1) is 4.85. The Labute approximate surface area is 63.5 Å². The van der Waals surface area contributed by atoms with Crippen molar-refractivity contribution in [2.24, 2.45) is 5.73 Å². The average Bonchev–Trinajstić information content (AvgIpc) is 1.90. The molecule has 0 spiro atoms. The Morgan fingerprint density at radius 3 is 2.00 bits per heavy atom. The lowest BCUT2D eigenvalue weighted by atomic mass is 10.4. The van der Waals surface area contributed by atoms with Gasteiger partial charge in [0.15, 0.2) is 0 Å². The van der Waals surface area contributed by atoms with E-state index in [-0.39, 0.29) is 0 Å². The van der Waals surface area contributed by atoms with E-state index in [0.29, 0.717) is 6.67 Å². The van der Waals surface area contributed by atoms with E-state index in [1.54, 1.807) is 0 Å². The molecule has 0 aliphatic rings. The molecule has 0 bridgehead atoms. The summed E-state index contributed by atoms with van der Waals surface area (Å²) in [6, 6.07) is 0. The number of hydrogen-bond acceptors (Lipinski definition) is 3. The van der Waals surface area contributed by atoms with Crippen molar-refractivity contribution in [2.45, 2.75) is 26.7 Å². The molecule has 0 saturated heterocycles. The summed E-state index contributed by atoms with van der Waals surface area (Å²) in [5.41, 5.74) is 8.43. The largest absolute Gasteiger partial charge is 0.317 e. The van der Waals surface area contributed by atoms with Crippen LogP contribution < -0.4 is 11.2 Å². The number of nitrogens with two attached hydrogens (primary N) is 1. The summed E-state index contributed by atoms with van der Waals surface area (Å²) in [5.74, 6) is 0. The van der Waals surface area contributed by atoms with Crippen LogP contribution in [-0.4, -0.2) is 24.8 Å². The maximum Gasteiger partial charge on any atom is 0.0567 e. The molecule has 3 nitrogen and oxygen atoms in total. The Hall–Kier alpha value is -0.120. The summed E-state index contributed by atoms with van der Waals surface area (Å²) in [5, 5.41) is 2.17. The molecule has 0 atom stereocenters. The molecule has 0 aromatic heterocycles. The third kappa shape index (κ3) is 4.73. The van der Waals surface area contributed by atoms with Crippen LogP contribution in [0.25, 0.3) is 0 Å². The van der Waals surface area contributed by atoms with Gasteiger partial charge < -0.3 is 5.73 Å². The van der Waals surface area contributed by atoms with Gasteiger partial charge in [-0.15, -0.1) is 0 Å². The molecule has 0 unspecified atom stereocenters. The fraction of sp³-hybridized carbons (Fsp3) is 1.00. The van der Waals surface area contributed by atoms with E-state index < -0.39 is 0 Å². The van der Waals surface area contributed by atoms with Gasteiger partial charge in [0, 0.05) is 13.1 Å². The van der Waals surface area contributed by atoms with Crippen molar-refractivity contribution in [3.63, 3.8) is 0 Å². The fourth-order valence-corrected chi connectivity index (χ4v) is 0.939. The van der Waals surface area contributed by atoms with Crippen LogP contribution in [-0.2, 0) is 0 Å². The van der Waals surface area contributed by atoms with Crippen LogP contribution in [0.5, 0.6) is 0 Å². The standard InChI is InChI=1S/C7H19N3/c1-3-5-10(6-4-2)9-7-8/h9H,3-8H2,1-2H3. The molecule has 0 heterocycles. The zero-order chi connectivity index (χ0) is 7.82. The highest BCUT2D eigenvalue weighted by molar-refractivity contribution is 4.47. The van der Waals surface area contributed by atoms with Crippen LogP contribution in [0.15, 0.2) is 0 Å². The Morgan fingerprint density at radius 1 is 1.20 bits per heavy atom. The van der Waals surface area contributed by atoms with Gasteiger partial charge in [0.2, 0.25) is 0 Å². The van der Waals surface area contributed by atoms with E-state index >= 15 is 0 Å². The molecule has 0 aromatic rings. The van der Waals surface area contributed by atoms with E-state index in [1.165, 1.54) is 12.8 Å². The summed E-state index contributed by atoms with van der Waals surface area (Å²) >= 11 is 0. The molecular weight excluding hydrogens is 126 g/mol.